The van der Waals surface area contributed by atoms with Gasteiger partial charge in [0.25, 0.3) is 0 Å². The number of anilines is 1. The van der Waals surface area contributed by atoms with Gasteiger partial charge in [-0.05, 0) is 31.9 Å². The van der Waals surface area contributed by atoms with Crippen molar-refractivity contribution in [3.05, 3.63) is 42.1 Å². The van der Waals surface area contributed by atoms with Gasteiger partial charge in [-0.2, -0.15) is 0 Å². The molecular weight excluding hydrogens is 352 g/mol. The van der Waals surface area contributed by atoms with Gasteiger partial charge < -0.3 is 9.64 Å². The van der Waals surface area contributed by atoms with Crippen LogP contribution < -0.4 is 4.90 Å². The van der Waals surface area contributed by atoms with Crippen molar-refractivity contribution in [3.63, 3.8) is 0 Å². The second kappa shape index (κ2) is 5.93. The summed E-state index contributed by atoms with van der Waals surface area (Å²) in [5.74, 6) is -0.641. The molecule has 3 fully saturated rings. The molecule has 5 nitrogen and oxygen atoms in total. The quantitative estimate of drug-likeness (QED) is 0.753. The van der Waals surface area contributed by atoms with E-state index in [0.717, 1.165) is 31.4 Å². The first-order valence-corrected chi connectivity index (χ1v) is 10.5. The molecule has 0 unspecified atom stereocenters. The second-order valence-electron chi connectivity index (χ2n) is 8.86. The fourth-order valence-corrected chi connectivity index (χ4v) is 6.85. The summed E-state index contributed by atoms with van der Waals surface area (Å²) in [5.41, 5.74) is 0.833. The molecule has 1 heterocycles. The molecular formula is C23H28N2O3. The number of allylic oxidation sites excluding steroid dienone is 1. The highest BCUT2D eigenvalue weighted by Gasteiger charge is 2.80. The molecule has 0 spiro atoms. The summed E-state index contributed by atoms with van der Waals surface area (Å²) in [5, 5.41) is 0. The van der Waals surface area contributed by atoms with Gasteiger partial charge in [0.2, 0.25) is 11.8 Å². The molecule has 0 radical (unpaired) electrons. The van der Waals surface area contributed by atoms with Crippen molar-refractivity contribution in [1.82, 2.24) is 4.90 Å². The van der Waals surface area contributed by atoms with Crippen LogP contribution in [-0.4, -0.2) is 43.0 Å². The van der Waals surface area contributed by atoms with Crippen LogP contribution in [0.4, 0.5) is 5.69 Å². The van der Waals surface area contributed by atoms with Crippen molar-refractivity contribution in [2.75, 3.05) is 25.6 Å². The van der Waals surface area contributed by atoms with E-state index in [9.17, 15) is 9.59 Å². The average Bonchev–Trinajstić information content (AvgIpc) is 3.23. The van der Waals surface area contributed by atoms with Crippen molar-refractivity contribution in [2.45, 2.75) is 38.2 Å². The number of nitrogens with zero attached hydrogens (tertiary/aromatic N) is 2. The van der Waals surface area contributed by atoms with Gasteiger partial charge in [-0.15, -0.1) is 0 Å². The highest BCUT2D eigenvalue weighted by Crippen LogP contribution is 2.73. The average molecular weight is 380 g/mol. The molecule has 1 saturated heterocycles. The maximum Gasteiger partial charge on any atom is 0.241 e. The Morgan fingerprint density at radius 2 is 1.82 bits per heavy atom. The number of carbonyl (C=O) groups is 2. The summed E-state index contributed by atoms with van der Waals surface area (Å²) in [7, 11) is 4.06. The second-order valence-corrected chi connectivity index (χ2v) is 8.86. The Morgan fingerprint density at radius 1 is 1.11 bits per heavy atom. The van der Waals surface area contributed by atoms with Gasteiger partial charge in [-0.25, -0.2) is 4.90 Å². The molecule has 0 N–H and O–H groups in total. The lowest BCUT2D eigenvalue weighted by atomic mass is 9.65. The standard InChI is InChI=1S/C23H28N2O3/c1-4-28-23-16-12-8-9-13-22(16,14-17(23)24(2)3)18-19(23)21(27)25(20(18)26)15-10-6-5-7-11-15/h5-7,10-11,14,16,18-19H,4,8-9,12-13H2,1-3H3/t16-,18+,19-,22+,23+/m1/s1. The summed E-state index contributed by atoms with van der Waals surface area (Å²) in [4.78, 5) is 31.0. The van der Waals surface area contributed by atoms with Crippen LogP contribution >= 0.6 is 0 Å². The van der Waals surface area contributed by atoms with Gasteiger partial charge in [0.15, 0.2) is 0 Å². The van der Waals surface area contributed by atoms with Crippen LogP contribution in [0.5, 0.6) is 0 Å². The van der Waals surface area contributed by atoms with Crippen molar-refractivity contribution in [1.29, 1.82) is 0 Å². The van der Waals surface area contributed by atoms with E-state index in [-0.39, 0.29) is 29.1 Å². The molecule has 0 aromatic heterocycles. The smallest absolute Gasteiger partial charge is 0.241 e. The number of para-hydroxylation sites is 1. The molecule has 1 aliphatic heterocycles. The zero-order chi connectivity index (χ0) is 19.7. The van der Waals surface area contributed by atoms with Crippen LogP contribution in [0.3, 0.4) is 0 Å². The molecule has 1 aromatic rings. The normalized spacial score (nSPS) is 38.5. The Morgan fingerprint density at radius 3 is 2.50 bits per heavy atom. The fraction of sp³-hybridized carbons (Fsp3) is 0.565. The van der Waals surface area contributed by atoms with E-state index >= 15 is 0 Å². The minimum atomic E-state index is -0.681. The van der Waals surface area contributed by atoms with Crippen molar-refractivity contribution in [2.24, 2.45) is 23.2 Å². The lowest BCUT2D eigenvalue weighted by Gasteiger charge is -2.42. The first-order valence-electron chi connectivity index (χ1n) is 10.5. The number of imide groups is 1. The molecule has 5 heteroatoms. The first kappa shape index (κ1) is 17.9. The predicted octanol–water partition coefficient (Wildman–Crippen LogP) is 3.22. The Labute approximate surface area is 166 Å². The molecule has 2 amide bonds. The van der Waals surface area contributed by atoms with Gasteiger partial charge in [0, 0.05) is 37.7 Å². The van der Waals surface area contributed by atoms with E-state index in [1.54, 1.807) is 0 Å². The first-order chi connectivity index (χ1) is 13.5. The molecule has 1 aromatic carbocycles. The number of hydrogen-bond donors (Lipinski definition) is 0. The van der Waals surface area contributed by atoms with Gasteiger partial charge in [0.05, 0.1) is 17.5 Å². The van der Waals surface area contributed by atoms with E-state index in [4.69, 9.17) is 4.74 Å². The summed E-state index contributed by atoms with van der Waals surface area (Å²) in [6.07, 6.45) is 6.54. The van der Waals surface area contributed by atoms with Crippen molar-refractivity contribution in [3.8, 4) is 0 Å². The summed E-state index contributed by atoms with van der Waals surface area (Å²) >= 11 is 0. The molecule has 2 saturated carbocycles. The number of likely N-dealkylation sites (N-methyl/N-ethyl adjacent to an activating group) is 1. The zero-order valence-electron chi connectivity index (χ0n) is 16.9. The monoisotopic (exact) mass is 380 g/mol. The van der Waals surface area contributed by atoms with Crippen molar-refractivity contribution >= 4 is 17.5 Å². The molecule has 148 valence electrons. The number of carbonyl (C=O) groups excluding carboxylic acids is 2. The third-order valence-electron chi connectivity index (χ3n) is 7.55. The third-order valence-corrected chi connectivity index (χ3v) is 7.55. The molecule has 3 aliphatic carbocycles. The van der Waals surface area contributed by atoms with Crippen LogP contribution in [-0.2, 0) is 14.3 Å². The molecule has 4 aliphatic rings. The minimum absolute atomic E-state index is 0.0382. The largest absolute Gasteiger partial charge is 0.379 e. The minimum Gasteiger partial charge on any atom is -0.379 e. The number of fused-ring (bicyclic) bond motifs is 2. The van der Waals surface area contributed by atoms with Crippen LogP contribution in [0.1, 0.15) is 32.6 Å². The molecule has 28 heavy (non-hydrogen) atoms. The number of amides is 2. The Bertz CT molecular complexity index is 864. The molecule has 5 atom stereocenters. The SMILES string of the molecule is CCO[C@]12C(N(C)C)=C[C@]3(CCCC[C@H]31)[C@@H]1C(=O)N(c3ccccc3)C(=O)[C@@H]12. The van der Waals surface area contributed by atoms with E-state index in [0.29, 0.717) is 12.3 Å². The summed E-state index contributed by atoms with van der Waals surface area (Å²) in [6, 6.07) is 9.36. The number of ether oxygens (including phenoxy) is 1. The number of hydrogen-bond acceptors (Lipinski definition) is 4. The third kappa shape index (κ3) is 1.91. The Balaban J connectivity index is 1.70. The lowest BCUT2D eigenvalue weighted by Crippen LogP contribution is -2.51. The van der Waals surface area contributed by atoms with E-state index in [2.05, 4.69) is 11.0 Å². The summed E-state index contributed by atoms with van der Waals surface area (Å²) < 4.78 is 6.53. The van der Waals surface area contributed by atoms with Gasteiger partial charge >= 0.3 is 0 Å². The van der Waals surface area contributed by atoms with E-state index in [1.165, 1.54) is 4.90 Å². The van der Waals surface area contributed by atoms with E-state index < -0.39 is 11.5 Å². The molecule has 5 rings (SSSR count). The maximum absolute atomic E-state index is 13.8. The van der Waals surface area contributed by atoms with Crippen molar-refractivity contribution < 1.29 is 14.3 Å². The highest BCUT2D eigenvalue weighted by molar-refractivity contribution is 6.23. The van der Waals surface area contributed by atoms with Crippen LogP contribution in [0, 0.1) is 23.2 Å². The topological polar surface area (TPSA) is 49.9 Å². The maximum atomic E-state index is 13.8. The zero-order valence-corrected chi connectivity index (χ0v) is 16.9. The predicted molar refractivity (Wildman–Crippen MR) is 106 cm³/mol. The fourth-order valence-electron chi connectivity index (χ4n) is 6.85. The Kier molecular flexibility index (Phi) is 3.80. The molecule has 2 bridgehead atoms. The highest BCUT2D eigenvalue weighted by atomic mass is 16.5. The number of rotatable bonds is 4. The van der Waals surface area contributed by atoms with Crippen LogP contribution in [0.2, 0.25) is 0 Å². The van der Waals surface area contributed by atoms with Gasteiger partial charge in [-0.1, -0.05) is 37.1 Å². The van der Waals surface area contributed by atoms with Crippen LogP contribution in [0.15, 0.2) is 42.1 Å². The van der Waals surface area contributed by atoms with Crippen LogP contribution in [0.25, 0.3) is 0 Å². The lowest BCUT2D eigenvalue weighted by molar-refractivity contribution is -0.135. The van der Waals surface area contributed by atoms with Gasteiger partial charge in [0.1, 0.15) is 5.60 Å². The summed E-state index contributed by atoms with van der Waals surface area (Å²) in [6.45, 7) is 2.53. The number of benzene rings is 1. The van der Waals surface area contributed by atoms with Gasteiger partial charge in [-0.3, -0.25) is 9.59 Å². The Hall–Kier alpha value is -2.14. The van der Waals surface area contributed by atoms with E-state index in [1.807, 2.05) is 51.4 Å².